The van der Waals surface area contributed by atoms with Crippen LogP contribution in [-0.2, 0) is 6.61 Å². The zero-order valence-corrected chi connectivity index (χ0v) is 12.1. The van der Waals surface area contributed by atoms with Crippen molar-refractivity contribution in [2.45, 2.75) is 34.3 Å². The molecule has 2 rings (SSSR count). The van der Waals surface area contributed by atoms with Crippen LogP contribution >= 0.6 is 0 Å². The second kappa shape index (κ2) is 6.95. The van der Waals surface area contributed by atoms with Gasteiger partial charge in [0, 0.05) is 0 Å². The van der Waals surface area contributed by atoms with Crippen molar-refractivity contribution in [1.82, 2.24) is 0 Å². The van der Waals surface area contributed by atoms with Crippen molar-refractivity contribution in [3.05, 3.63) is 53.1 Å². The van der Waals surface area contributed by atoms with Crippen molar-refractivity contribution in [3.63, 3.8) is 0 Å². The molecule has 0 fully saturated rings. The number of phenols is 1. The third kappa shape index (κ3) is 3.58. The molecule has 19 heavy (non-hydrogen) atoms. The predicted molar refractivity (Wildman–Crippen MR) is 80.3 cm³/mol. The van der Waals surface area contributed by atoms with Gasteiger partial charge in [-0.3, -0.25) is 0 Å². The number of aryl methyl sites for hydroxylation is 2. The topological polar surface area (TPSA) is 40.5 Å². The summed E-state index contributed by atoms with van der Waals surface area (Å²) in [5.74, 6) is 0.294. The van der Waals surface area contributed by atoms with Gasteiger partial charge in [-0.15, -0.1) is 0 Å². The fraction of sp³-hybridized carbons (Fsp3) is 0.294. The molecule has 0 aliphatic rings. The third-order valence-electron chi connectivity index (χ3n) is 2.92. The lowest BCUT2D eigenvalue weighted by Gasteiger charge is -2.11. The molecule has 102 valence electrons. The highest BCUT2D eigenvalue weighted by atomic mass is 16.3. The number of aliphatic hydroxyl groups excluding tert-OH is 1. The largest absolute Gasteiger partial charge is 0.508 e. The second-order valence-electron chi connectivity index (χ2n) is 4.31. The summed E-state index contributed by atoms with van der Waals surface area (Å²) in [7, 11) is 0. The fourth-order valence-electron chi connectivity index (χ4n) is 2.22. The Hall–Kier alpha value is -1.80. The van der Waals surface area contributed by atoms with E-state index in [1.54, 1.807) is 12.1 Å². The summed E-state index contributed by atoms with van der Waals surface area (Å²) in [5.41, 5.74) is 5.18. The van der Waals surface area contributed by atoms with Gasteiger partial charge in [0.05, 0.1) is 6.61 Å². The molecule has 2 aromatic rings. The smallest absolute Gasteiger partial charge is 0.116 e. The van der Waals surface area contributed by atoms with Crippen LogP contribution in [0, 0.1) is 13.8 Å². The molecular weight excluding hydrogens is 236 g/mol. The van der Waals surface area contributed by atoms with E-state index < -0.39 is 0 Å². The van der Waals surface area contributed by atoms with E-state index in [0.29, 0.717) is 5.75 Å². The van der Waals surface area contributed by atoms with Gasteiger partial charge >= 0.3 is 0 Å². The maximum absolute atomic E-state index is 9.53. The molecule has 0 bridgehead atoms. The Morgan fingerprint density at radius 2 is 1.53 bits per heavy atom. The van der Waals surface area contributed by atoms with Crippen LogP contribution in [0.4, 0.5) is 0 Å². The Balaban J connectivity index is 0.000000861. The molecule has 0 spiro atoms. The lowest BCUT2D eigenvalue weighted by molar-refractivity contribution is 0.282. The van der Waals surface area contributed by atoms with E-state index in [1.807, 2.05) is 52.0 Å². The quantitative estimate of drug-likeness (QED) is 0.847. The summed E-state index contributed by atoms with van der Waals surface area (Å²) < 4.78 is 0. The Kier molecular flexibility index (Phi) is 5.58. The Morgan fingerprint density at radius 1 is 0.947 bits per heavy atom. The summed E-state index contributed by atoms with van der Waals surface area (Å²) in [4.78, 5) is 0. The van der Waals surface area contributed by atoms with Crippen LogP contribution < -0.4 is 0 Å². The van der Waals surface area contributed by atoms with Gasteiger partial charge in [0.25, 0.3) is 0 Å². The molecule has 0 saturated heterocycles. The van der Waals surface area contributed by atoms with E-state index in [0.717, 1.165) is 27.8 Å². The second-order valence-corrected chi connectivity index (χ2v) is 4.31. The molecule has 2 N–H and O–H groups in total. The summed E-state index contributed by atoms with van der Waals surface area (Å²) in [5, 5.41) is 18.7. The molecule has 0 unspecified atom stereocenters. The standard InChI is InChI=1S/C15H16O2.C2H6/c1-10-6-14(17)7-11(2)15(10)13-5-3-4-12(8-13)9-16;1-2/h3-8,16-17H,9H2,1-2H3;1-2H3. The number of hydrogen-bond donors (Lipinski definition) is 2. The highest BCUT2D eigenvalue weighted by Gasteiger charge is 2.07. The first-order chi connectivity index (χ1) is 9.11. The third-order valence-corrected chi connectivity index (χ3v) is 2.92. The summed E-state index contributed by atoms with van der Waals surface area (Å²) >= 11 is 0. The number of benzene rings is 2. The van der Waals surface area contributed by atoms with Crippen LogP contribution in [-0.4, -0.2) is 10.2 Å². The van der Waals surface area contributed by atoms with Crippen LogP contribution in [0.5, 0.6) is 5.75 Å². The molecule has 0 atom stereocenters. The van der Waals surface area contributed by atoms with E-state index in [9.17, 15) is 5.11 Å². The normalized spacial score (nSPS) is 9.74. The predicted octanol–water partition coefficient (Wildman–Crippen LogP) is 4.19. The van der Waals surface area contributed by atoms with E-state index in [2.05, 4.69) is 0 Å². The van der Waals surface area contributed by atoms with Crippen molar-refractivity contribution in [1.29, 1.82) is 0 Å². The maximum atomic E-state index is 9.53. The summed E-state index contributed by atoms with van der Waals surface area (Å²) in [6, 6.07) is 11.3. The van der Waals surface area contributed by atoms with Gasteiger partial charge in [0.15, 0.2) is 0 Å². The van der Waals surface area contributed by atoms with Crippen LogP contribution in [0.3, 0.4) is 0 Å². The average Bonchev–Trinajstić information content (AvgIpc) is 2.40. The van der Waals surface area contributed by atoms with Crippen molar-refractivity contribution in [2.24, 2.45) is 0 Å². The minimum absolute atomic E-state index is 0.0457. The van der Waals surface area contributed by atoms with E-state index in [1.165, 1.54) is 0 Å². The molecule has 0 aliphatic carbocycles. The van der Waals surface area contributed by atoms with E-state index in [4.69, 9.17) is 5.11 Å². The van der Waals surface area contributed by atoms with Crippen LogP contribution in [0.25, 0.3) is 11.1 Å². The van der Waals surface area contributed by atoms with E-state index in [-0.39, 0.29) is 6.61 Å². The Morgan fingerprint density at radius 3 is 2.05 bits per heavy atom. The first-order valence-corrected chi connectivity index (χ1v) is 6.62. The monoisotopic (exact) mass is 258 g/mol. The molecule has 0 amide bonds. The van der Waals surface area contributed by atoms with Crippen LogP contribution in [0.15, 0.2) is 36.4 Å². The molecule has 0 aromatic heterocycles. The van der Waals surface area contributed by atoms with E-state index >= 15 is 0 Å². The highest BCUT2D eigenvalue weighted by molar-refractivity contribution is 5.72. The summed E-state index contributed by atoms with van der Waals surface area (Å²) in [6.07, 6.45) is 0. The fourth-order valence-corrected chi connectivity index (χ4v) is 2.22. The first kappa shape index (κ1) is 15.3. The highest BCUT2D eigenvalue weighted by Crippen LogP contribution is 2.30. The maximum Gasteiger partial charge on any atom is 0.116 e. The van der Waals surface area contributed by atoms with Crippen LogP contribution in [0.1, 0.15) is 30.5 Å². The first-order valence-electron chi connectivity index (χ1n) is 6.62. The number of phenolic OH excluding ortho intramolecular Hbond substituents is 1. The molecule has 0 saturated carbocycles. The lowest BCUT2D eigenvalue weighted by Crippen LogP contribution is -1.90. The SMILES string of the molecule is CC.Cc1cc(O)cc(C)c1-c1cccc(CO)c1. The van der Waals surface area contributed by atoms with Crippen molar-refractivity contribution < 1.29 is 10.2 Å². The van der Waals surface area contributed by atoms with Gasteiger partial charge in [0.2, 0.25) is 0 Å². The van der Waals surface area contributed by atoms with Crippen molar-refractivity contribution >= 4 is 0 Å². The minimum atomic E-state index is 0.0457. The molecule has 0 aliphatic heterocycles. The lowest BCUT2D eigenvalue weighted by atomic mass is 9.94. The molecule has 0 radical (unpaired) electrons. The zero-order valence-electron chi connectivity index (χ0n) is 12.1. The van der Waals surface area contributed by atoms with Gasteiger partial charge in [-0.05, 0) is 59.9 Å². The van der Waals surface area contributed by atoms with Crippen molar-refractivity contribution in [2.75, 3.05) is 0 Å². The molecular formula is C17H22O2. The number of hydrogen-bond acceptors (Lipinski definition) is 2. The number of aliphatic hydroxyl groups is 1. The Bertz CT molecular complexity index is 522. The molecule has 2 aromatic carbocycles. The minimum Gasteiger partial charge on any atom is -0.508 e. The van der Waals surface area contributed by atoms with Gasteiger partial charge < -0.3 is 10.2 Å². The van der Waals surface area contributed by atoms with Gasteiger partial charge in [-0.2, -0.15) is 0 Å². The van der Waals surface area contributed by atoms with Gasteiger partial charge in [0.1, 0.15) is 5.75 Å². The van der Waals surface area contributed by atoms with Crippen LogP contribution in [0.2, 0.25) is 0 Å². The van der Waals surface area contributed by atoms with Gasteiger partial charge in [-0.1, -0.05) is 32.0 Å². The summed E-state index contributed by atoms with van der Waals surface area (Å²) in [6.45, 7) is 8.01. The van der Waals surface area contributed by atoms with Crippen molar-refractivity contribution in [3.8, 4) is 16.9 Å². The number of aromatic hydroxyl groups is 1. The average molecular weight is 258 g/mol. The molecule has 0 heterocycles. The van der Waals surface area contributed by atoms with Gasteiger partial charge in [-0.25, -0.2) is 0 Å². The molecule has 2 nitrogen and oxygen atoms in total. The molecule has 2 heteroatoms. The Labute approximate surface area is 115 Å². The zero-order chi connectivity index (χ0) is 14.4. The number of rotatable bonds is 2.